The topological polar surface area (TPSA) is 92.5 Å². The van der Waals surface area contributed by atoms with Gasteiger partial charge in [-0.3, -0.25) is 4.79 Å². The summed E-state index contributed by atoms with van der Waals surface area (Å²) in [6.45, 7) is 2.70. The first kappa shape index (κ1) is 18.9. The second-order valence-electron chi connectivity index (χ2n) is 5.42. The Bertz CT molecular complexity index is 813. The Morgan fingerprint density at radius 2 is 2.08 bits per heavy atom. The van der Waals surface area contributed by atoms with Gasteiger partial charge < -0.3 is 14.4 Å². The number of methoxy groups -OCH3 is 1. The van der Waals surface area contributed by atoms with Crippen LogP contribution in [0.3, 0.4) is 0 Å². The van der Waals surface area contributed by atoms with Gasteiger partial charge in [-0.25, -0.2) is 9.78 Å². The molecule has 0 aliphatic rings. The Balaban J connectivity index is 2.22. The summed E-state index contributed by atoms with van der Waals surface area (Å²) in [5.41, 5.74) is 0.992. The van der Waals surface area contributed by atoms with E-state index in [0.29, 0.717) is 12.3 Å². The van der Waals surface area contributed by atoms with Crippen molar-refractivity contribution in [2.75, 3.05) is 18.6 Å². The zero-order valence-electron chi connectivity index (χ0n) is 14.6. The van der Waals surface area contributed by atoms with Gasteiger partial charge in [-0.15, -0.1) is 0 Å². The van der Waals surface area contributed by atoms with Gasteiger partial charge in [0, 0.05) is 18.4 Å². The molecule has 7 heteroatoms. The normalized spacial score (nSPS) is 9.88. The van der Waals surface area contributed by atoms with E-state index in [-0.39, 0.29) is 17.0 Å². The lowest BCUT2D eigenvalue weighted by Crippen LogP contribution is -2.21. The highest BCUT2D eigenvalue weighted by molar-refractivity contribution is 5.89. The Labute approximate surface area is 151 Å². The van der Waals surface area contributed by atoms with Gasteiger partial charge in [0.05, 0.1) is 12.7 Å². The van der Waals surface area contributed by atoms with Crippen molar-refractivity contribution < 1.29 is 19.1 Å². The van der Waals surface area contributed by atoms with Crippen LogP contribution >= 0.6 is 0 Å². The second-order valence-corrected chi connectivity index (χ2v) is 5.42. The van der Waals surface area contributed by atoms with Crippen molar-refractivity contribution in [3.8, 4) is 17.6 Å². The molecule has 0 aliphatic heterocycles. The smallest absolute Gasteiger partial charge is 0.339 e. The molecule has 0 unspecified atom stereocenters. The minimum absolute atomic E-state index is 0.0548. The number of esters is 1. The average molecular weight is 353 g/mol. The highest BCUT2D eigenvalue weighted by Gasteiger charge is 2.13. The van der Waals surface area contributed by atoms with Gasteiger partial charge in [0.25, 0.3) is 0 Å². The number of unbranched alkanes of at least 4 members (excludes halogenated alkanes) is 1. The van der Waals surface area contributed by atoms with Crippen LogP contribution in [0.25, 0.3) is 0 Å². The lowest BCUT2D eigenvalue weighted by atomic mass is 10.2. The molecule has 1 aromatic heterocycles. The van der Waals surface area contributed by atoms with E-state index < -0.39 is 5.97 Å². The van der Waals surface area contributed by atoms with Crippen molar-refractivity contribution in [3.05, 3.63) is 47.8 Å². The summed E-state index contributed by atoms with van der Waals surface area (Å²) in [4.78, 5) is 28.4. The van der Waals surface area contributed by atoms with E-state index in [4.69, 9.17) is 10.00 Å². The average Bonchev–Trinajstić information content (AvgIpc) is 2.69. The zero-order valence-corrected chi connectivity index (χ0v) is 14.6. The van der Waals surface area contributed by atoms with Crippen LogP contribution in [0.2, 0.25) is 0 Å². The summed E-state index contributed by atoms with van der Waals surface area (Å²) in [6.07, 6.45) is 3.96. The van der Waals surface area contributed by atoms with Crippen LogP contribution in [0.15, 0.2) is 36.5 Å². The first-order valence-electron chi connectivity index (χ1n) is 8.11. The molecule has 0 saturated heterocycles. The predicted octanol–water partition coefficient (Wildman–Crippen LogP) is 3.30. The number of nitriles is 1. The summed E-state index contributed by atoms with van der Waals surface area (Å²) < 4.78 is 10.3. The molecule has 2 rings (SSSR count). The molecule has 0 N–H and O–H groups in total. The van der Waals surface area contributed by atoms with Gasteiger partial charge in [0.15, 0.2) is 11.4 Å². The molecule has 2 aromatic rings. The van der Waals surface area contributed by atoms with Crippen LogP contribution in [0.4, 0.5) is 5.69 Å². The molecule has 26 heavy (non-hydrogen) atoms. The first-order chi connectivity index (χ1) is 12.6. The molecule has 0 saturated carbocycles. The number of nitrogens with zero attached hydrogens (tertiary/aromatic N) is 3. The lowest BCUT2D eigenvalue weighted by molar-refractivity contribution is -0.107. The number of aromatic nitrogens is 1. The number of benzene rings is 1. The molecule has 0 spiro atoms. The summed E-state index contributed by atoms with van der Waals surface area (Å²) in [5, 5.41) is 9.16. The summed E-state index contributed by atoms with van der Waals surface area (Å²) in [5.74, 6) is 0.0384. The standard InChI is InChI=1S/C19H19N3O4/c1-3-4-9-22(13-23)15-5-7-16(8-6-15)26-18-10-14(19(24)25-2)12-21-17(18)11-20/h5-8,10,12-13H,3-4,9H2,1-2H3. The molecular weight excluding hydrogens is 334 g/mol. The fourth-order valence-corrected chi connectivity index (χ4v) is 2.24. The fraction of sp³-hybridized carbons (Fsp3) is 0.263. The van der Waals surface area contributed by atoms with E-state index in [1.165, 1.54) is 19.4 Å². The maximum Gasteiger partial charge on any atom is 0.339 e. The second kappa shape index (κ2) is 9.18. The number of carbonyl (C=O) groups is 2. The van der Waals surface area contributed by atoms with Crippen LogP contribution in [-0.2, 0) is 9.53 Å². The van der Waals surface area contributed by atoms with Crippen molar-refractivity contribution in [2.45, 2.75) is 19.8 Å². The molecule has 0 radical (unpaired) electrons. The Hall–Kier alpha value is -3.40. The summed E-state index contributed by atoms with van der Waals surface area (Å²) in [7, 11) is 1.26. The molecule has 0 atom stereocenters. The maximum absolute atomic E-state index is 11.6. The number of rotatable bonds is 8. The minimum Gasteiger partial charge on any atom is -0.465 e. The highest BCUT2D eigenvalue weighted by atomic mass is 16.5. The SMILES string of the molecule is CCCCN(C=O)c1ccc(Oc2cc(C(=O)OC)cnc2C#N)cc1. The molecule has 0 fully saturated rings. The predicted molar refractivity (Wildman–Crippen MR) is 95.1 cm³/mol. The third-order valence-corrected chi connectivity index (χ3v) is 3.66. The molecule has 1 amide bonds. The third kappa shape index (κ3) is 4.57. The fourth-order valence-electron chi connectivity index (χ4n) is 2.24. The monoisotopic (exact) mass is 353 g/mol. The molecule has 7 nitrogen and oxygen atoms in total. The highest BCUT2D eigenvalue weighted by Crippen LogP contribution is 2.27. The van der Waals surface area contributed by atoms with Gasteiger partial charge in [-0.05, 0) is 36.8 Å². The van der Waals surface area contributed by atoms with E-state index in [1.807, 2.05) is 6.07 Å². The molecule has 1 aromatic carbocycles. The first-order valence-corrected chi connectivity index (χ1v) is 8.11. The minimum atomic E-state index is -0.570. The van der Waals surface area contributed by atoms with Gasteiger partial charge in [0.1, 0.15) is 11.8 Å². The zero-order chi connectivity index (χ0) is 18.9. The maximum atomic E-state index is 11.6. The number of ether oxygens (including phenoxy) is 2. The van der Waals surface area contributed by atoms with Crippen molar-refractivity contribution in [3.63, 3.8) is 0 Å². The van der Waals surface area contributed by atoms with E-state index >= 15 is 0 Å². The van der Waals surface area contributed by atoms with Gasteiger partial charge in [-0.1, -0.05) is 13.3 Å². The summed E-state index contributed by atoms with van der Waals surface area (Å²) >= 11 is 0. The largest absolute Gasteiger partial charge is 0.465 e. The number of pyridine rings is 1. The lowest BCUT2D eigenvalue weighted by Gasteiger charge is -2.17. The van der Waals surface area contributed by atoms with E-state index in [2.05, 4.69) is 16.6 Å². The van der Waals surface area contributed by atoms with Crippen LogP contribution in [0.5, 0.6) is 11.5 Å². The van der Waals surface area contributed by atoms with Crippen molar-refractivity contribution in [1.29, 1.82) is 5.26 Å². The number of anilines is 1. The number of amides is 1. The van der Waals surface area contributed by atoms with E-state index in [1.54, 1.807) is 29.2 Å². The van der Waals surface area contributed by atoms with Crippen molar-refractivity contribution in [1.82, 2.24) is 4.98 Å². The van der Waals surface area contributed by atoms with E-state index in [0.717, 1.165) is 24.9 Å². The Kier molecular flexibility index (Phi) is 6.68. The molecule has 134 valence electrons. The van der Waals surface area contributed by atoms with E-state index in [9.17, 15) is 9.59 Å². The van der Waals surface area contributed by atoms with Crippen molar-refractivity contribution >= 4 is 18.1 Å². The molecular formula is C19H19N3O4. The Morgan fingerprint density at radius 3 is 2.65 bits per heavy atom. The van der Waals surface area contributed by atoms with Crippen molar-refractivity contribution in [2.24, 2.45) is 0 Å². The summed E-state index contributed by atoms with van der Waals surface area (Å²) in [6, 6.07) is 10.2. The van der Waals surface area contributed by atoms with Gasteiger partial charge >= 0.3 is 5.97 Å². The number of hydrogen-bond donors (Lipinski definition) is 0. The van der Waals surface area contributed by atoms with Gasteiger partial charge in [0.2, 0.25) is 6.41 Å². The van der Waals surface area contributed by atoms with Crippen LogP contribution in [-0.4, -0.2) is 31.0 Å². The Morgan fingerprint density at radius 1 is 1.35 bits per heavy atom. The van der Waals surface area contributed by atoms with Gasteiger partial charge in [-0.2, -0.15) is 5.26 Å². The quantitative estimate of drug-likeness (QED) is 0.534. The molecule has 1 heterocycles. The number of carbonyl (C=O) groups excluding carboxylic acids is 2. The third-order valence-electron chi connectivity index (χ3n) is 3.66. The molecule has 0 bridgehead atoms. The molecule has 0 aliphatic carbocycles. The number of hydrogen-bond acceptors (Lipinski definition) is 6. The van der Waals surface area contributed by atoms with Crippen LogP contribution in [0.1, 0.15) is 35.8 Å². The van der Waals surface area contributed by atoms with Crippen LogP contribution in [0, 0.1) is 11.3 Å². The van der Waals surface area contributed by atoms with Crippen LogP contribution < -0.4 is 9.64 Å².